The van der Waals surface area contributed by atoms with Crippen LogP contribution in [0.3, 0.4) is 0 Å². The number of carbonyl (C=O) groups is 1. The van der Waals surface area contributed by atoms with E-state index in [-0.39, 0.29) is 17.8 Å². The molecule has 1 aliphatic heterocycles. The zero-order valence-corrected chi connectivity index (χ0v) is 13.6. The van der Waals surface area contributed by atoms with Crippen LogP contribution in [0.4, 0.5) is 0 Å². The van der Waals surface area contributed by atoms with Crippen molar-refractivity contribution in [2.24, 2.45) is 0 Å². The molecule has 0 unspecified atom stereocenters. The number of hydrogen-bond donors (Lipinski definition) is 1. The fourth-order valence-electron chi connectivity index (χ4n) is 2.74. The Morgan fingerprint density at radius 2 is 2.00 bits per heavy atom. The molecule has 2 aromatic carbocycles. The second-order valence-corrected chi connectivity index (χ2v) is 6.05. The van der Waals surface area contributed by atoms with Gasteiger partial charge in [-0.3, -0.25) is 4.79 Å². The van der Waals surface area contributed by atoms with Gasteiger partial charge in [-0.15, -0.1) is 0 Å². The van der Waals surface area contributed by atoms with Crippen LogP contribution in [0.2, 0.25) is 5.02 Å². The number of carbonyl (C=O) groups excluding carboxylic acids is 1. The number of amides is 1. The van der Waals surface area contributed by atoms with E-state index >= 15 is 0 Å². The highest BCUT2D eigenvalue weighted by atomic mass is 35.5. The van der Waals surface area contributed by atoms with Gasteiger partial charge in [0.2, 0.25) is 0 Å². The minimum atomic E-state index is -0.164. The maximum absolute atomic E-state index is 12.7. The minimum Gasteiger partial charge on any atom is -0.508 e. The third kappa shape index (κ3) is 3.33. The fraction of sp³-hybridized carbons (Fsp3) is 0.278. The third-order valence-electron chi connectivity index (χ3n) is 4.13. The van der Waals surface area contributed by atoms with Crippen LogP contribution in [0, 0.1) is 6.92 Å². The summed E-state index contributed by atoms with van der Waals surface area (Å²) in [6.07, 6.45) is -0.164. The molecule has 23 heavy (non-hydrogen) atoms. The molecule has 0 saturated carbocycles. The molecule has 0 radical (unpaired) electrons. The lowest BCUT2D eigenvalue weighted by atomic mass is 10.0. The van der Waals surface area contributed by atoms with Crippen LogP contribution in [0.25, 0.3) is 0 Å². The molecular weight excluding hydrogens is 314 g/mol. The second-order valence-electron chi connectivity index (χ2n) is 5.61. The summed E-state index contributed by atoms with van der Waals surface area (Å²) >= 11 is 5.91. The minimum absolute atomic E-state index is 0.0827. The van der Waals surface area contributed by atoms with E-state index in [1.165, 1.54) is 0 Å². The number of rotatable bonds is 2. The predicted molar refractivity (Wildman–Crippen MR) is 88.9 cm³/mol. The number of hydrogen-bond acceptors (Lipinski definition) is 3. The number of ether oxygens (including phenoxy) is 1. The van der Waals surface area contributed by atoms with E-state index in [1.807, 2.05) is 24.3 Å². The number of benzene rings is 2. The Balaban J connectivity index is 1.79. The predicted octanol–water partition coefficient (Wildman–Crippen LogP) is 3.57. The number of aromatic hydroxyl groups is 1. The van der Waals surface area contributed by atoms with Gasteiger partial charge in [-0.2, -0.15) is 0 Å². The largest absolute Gasteiger partial charge is 0.508 e. The average molecular weight is 332 g/mol. The summed E-state index contributed by atoms with van der Waals surface area (Å²) in [5.74, 6) is 0.0547. The molecule has 1 atom stereocenters. The first-order valence-electron chi connectivity index (χ1n) is 7.51. The van der Waals surface area contributed by atoms with Gasteiger partial charge in [-0.1, -0.05) is 29.8 Å². The molecule has 3 rings (SSSR count). The summed E-state index contributed by atoms with van der Waals surface area (Å²) in [5.41, 5.74) is 2.13. The van der Waals surface area contributed by atoms with Crippen molar-refractivity contribution in [1.82, 2.24) is 4.90 Å². The highest BCUT2D eigenvalue weighted by Crippen LogP contribution is 2.26. The summed E-state index contributed by atoms with van der Waals surface area (Å²) in [5, 5.41) is 10.5. The third-order valence-corrected chi connectivity index (χ3v) is 4.38. The maximum atomic E-state index is 12.7. The van der Waals surface area contributed by atoms with Crippen LogP contribution >= 0.6 is 11.6 Å². The normalized spacial score (nSPS) is 18.0. The number of morpholine rings is 1. The molecule has 1 amide bonds. The van der Waals surface area contributed by atoms with Crippen molar-refractivity contribution in [1.29, 1.82) is 0 Å². The Hall–Kier alpha value is -2.04. The van der Waals surface area contributed by atoms with Crippen molar-refractivity contribution < 1.29 is 14.6 Å². The van der Waals surface area contributed by atoms with Crippen molar-refractivity contribution in [2.45, 2.75) is 13.0 Å². The SMILES string of the molecule is Cc1c(O)cccc1C(=O)N1CCO[C@@H](c2ccc(Cl)cc2)C1. The van der Waals surface area contributed by atoms with Gasteiger partial charge in [0, 0.05) is 22.7 Å². The van der Waals surface area contributed by atoms with Crippen molar-refractivity contribution in [3.63, 3.8) is 0 Å². The van der Waals surface area contributed by atoms with E-state index in [4.69, 9.17) is 16.3 Å². The zero-order chi connectivity index (χ0) is 16.4. The van der Waals surface area contributed by atoms with Crippen LogP contribution in [-0.4, -0.2) is 35.6 Å². The van der Waals surface area contributed by atoms with Gasteiger partial charge in [0.25, 0.3) is 5.91 Å². The smallest absolute Gasteiger partial charge is 0.254 e. The number of phenols is 1. The first-order valence-corrected chi connectivity index (χ1v) is 7.89. The monoisotopic (exact) mass is 331 g/mol. The number of nitrogens with zero attached hydrogens (tertiary/aromatic N) is 1. The number of halogens is 1. The molecule has 0 aromatic heterocycles. The molecule has 1 fully saturated rings. The summed E-state index contributed by atoms with van der Waals surface area (Å²) in [6, 6.07) is 12.5. The van der Waals surface area contributed by atoms with Gasteiger partial charge in [0.05, 0.1) is 13.2 Å². The quantitative estimate of drug-likeness (QED) is 0.915. The summed E-state index contributed by atoms with van der Waals surface area (Å²) in [7, 11) is 0. The molecule has 1 aliphatic rings. The molecule has 0 spiro atoms. The first kappa shape index (κ1) is 15.8. The van der Waals surface area contributed by atoms with Gasteiger partial charge < -0.3 is 14.7 Å². The summed E-state index contributed by atoms with van der Waals surface area (Å²) < 4.78 is 5.79. The highest BCUT2D eigenvalue weighted by Gasteiger charge is 2.27. The van der Waals surface area contributed by atoms with Crippen LogP contribution < -0.4 is 0 Å². The molecule has 5 heteroatoms. The summed E-state index contributed by atoms with van der Waals surface area (Å²) in [6.45, 7) is 3.25. The van der Waals surface area contributed by atoms with E-state index in [1.54, 1.807) is 30.0 Å². The molecule has 1 heterocycles. The van der Waals surface area contributed by atoms with Crippen LogP contribution in [0.1, 0.15) is 27.6 Å². The molecule has 1 N–H and O–H groups in total. The Labute approximate surface area is 140 Å². The maximum Gasteiger partial charge on any atom is 0.254 e. The standard InChI is InChI=1S/C18H18ClNO3/c1-12-15(3-2-4-16(12)21)18(22)20-9-10-23-17(11-20)13-5-7-14(19)8-6-13/h2-8,17,21H,9-11H2,1H3/t17-/m1/s1. The van der Waals surface area contributed by atoms with E-state index < -0.39 is 0 Å². The lowest BCUT2D eigenvalue weighted by molar-refractivity contribution is -0.0228. The van der Waals surface area contributed by atoms with Crippen molar-refractivity contribution in [3.05, 3.63) is 64.2 Å². The van der Waals surface area contributed by atoms with E-state index in [0.717, 1.165) is 5.56 Å². The topological polar surface area (TPSA) is 49.8 Å². The van der Waals surface area contributed by atoms with Gasteiger partial charge in [-0.25, -0.2) is 0 Å². The Morgan fingerprint density at radius 1 is 1.26 bits per heavy atom. The van der Waals surface area contributed by atoms with Crippen LogP contribution in [0.15, 0.2) is 42.5 Å². The highest BCUT2D eigenvalue weighted by molar-refractivity contribution is 6.30. The fourth-order valence-corrected chi connectivity index (χ4v) is 2.86. The van der Waals surface area contributed by atoms with Crippen molar-refractivity contribution in [2.75, 3.05) is 19.7 Å². The Kier molecular flexibility index (Phi) is 4.55. The van der Waals surface area contributed by atoms with E-state index in [2.05, 4.69) is 0 Å². The van der Waals surface area contributed by atoms with E-state index in [9.17, 15) is 9.90 Å². The van der Waals surface area contributed by atoms with Gasteiger partial charge in [0.1, 0.15) is 11.9 Å². The average Bonchev–Trinajstić information content (AvgIpc) is 2.57. The zero-order valence-electron chi connectivity index (χ0n) is 12.8. The molecule has 0 aliphatic carbocycles. The van der Waals surface area contributed by atoms with E-state index in [0.29, 0.717) is 35.8 Å². The van der Waals surface area contributed by atoms with Gasteiger partial charge >= 0.3 is 0 Å². The van der Waals surface area contributed by atoms with Gasteiger partial charge in [-0.05, 0) is 36.8 Å². The van der Waals surface area contributed by atoms with Gasteiger partial charge in [0.15, 0.2) is 0 Å². The Bertz CT molecular complexity index is 715. The first-order chi connectivity index (χ1) is 11.1. The second kappa shape index (κ2) is 6.60. The number of phenolic OH excluding ortho intramolecular Hbond substituents is 1. The molecule has 2 aromatic rings. The van der Waals surface area contributed by atoms with Crippen molar-refractivity contribution >= 4 is 17.5 Å². The van der Waals surface area contributed by atoms with Crippen LogP contribution in [-0.2, 0) is 4.74 Å². The molecule has 4 nitrogen and oxygen atoms in total. The Morgan fingerprint density at radius 3 is 2.74 bits per heavy atom. The molecule has 120 valence electrons. The van der Waals surface area contributed by atoms with Crippen molar-refractivity contribution in [3.8, 4) is 5.75 Å². The lowest BCUT2D eigenvalue weighted by Crippen LogP contribution is -2.42. The summed E-state index contributed by atoms with van der Waals surface area (Å²) in [4.78, 5) is 14.5. The lowest BCUT2D eigenvalue weighted by Gasteiger charge is -2.33. The molecular formula is C18H18ClNO3. The van der Waals surface area contributed by atoms with Crippen LogP contribution in [0.5, 0.6) is 5.75 Å². The molecule has 0 bridgehead atoms. The molecule has 1 saturated heterocycles.